The number of carbonyl (C=O) groups excluding carboxylic acids is 2. The summed E-state index contributed by atoms with van der Waals surface area (Å²) in [7, 11) is 0. The summed E-state index contributed by atoms with van der Waals surface area (Å²) in [4.78, 5) is 27.8. The lowest BCUT2D eigenvalue weighted by molar-refractivity contribution is -0.137. The van der Waals surface area contributed by atoms with Gasteiger partial charge in [-0.3, -0.25) is 9.69 Å². The van der Waals surface area contributed by atoms with Gasteiger partial charge in [0, 0.05) is 26.2 Å². The molecule has 1 aliphatic heterocycles. The maximum atomic E-state index is 13.0. The van der Waals surface area contributed by atoms with Gasteiger partial charge in [0.25, 0.3) is 0 Å². The van der Waals surface area contributed by atoms with Crippen molar-refractivity contribution in [3.8, 4) is 0 Å². The van der Waals surface area contributed by atoms with Crippen LogP contribution in [0, 0.1) is 0 Å². The van der Waals surface area contributed by atoms with Crippen molar-refractivity contribution in [3.63, 3.8) is 0 Å². The summed E-state index contributed by atoms with van der Waals surface area (Å²) in [5.74, 6) is 0.116. The minimum atomic E-state index is -4.54. The smallest absolute Gasteiger partial charge is 0.418 e. The number of nitrogens with zero attached hydrogens (tertiary/aromatic N) is 2. The van der Waals surface area contributed by atoms with Gasteiger partial charge in [0.05, 0.1) is 30.6 Å². The number of amides is 3. The van der Waals surface area contributed by atoms with Gasteiger partial charge in [-0.25, -0.2) is 4.79 Å². The Morgan fingerprint density at radius 2 is 1.76 bits per heavy atom. The number of anilines is 1. The quantitative estimate of drug-likeness (QED) is 0.795. The Bertz CT molecular complexity index is 831. The van der Waals surface area contributed by atoms with E-state index in [0.717, 1.165) is 6.07 Å². The first kappa shape index (κ1) is 20.7. The van der Waals surface area contributed by atoms with Crippen molar-refractivity contribution in [2.24, 2.45) is 0 Å². The monoisotopic (exact) mass is 410 g/mol. The molecule has 2 heterocycles. The van der Waals surface area contributed by atoms with E-state index in [1.807, 2.05) is 0 Å². The number of hydrogen-bond acceptors (Lipinski definition) is 4. The topological polar surface area (TPSA) is 77.8 Å². The van der Waals surface area contributed by atoms with Crippen LogP contribution in [0.4, 0.5) is 23.7 Å². The second kappa shape index (κ2) is 8.99. The maximum Gasteiger partial charge on any atom is 0.418 e. The van der Waals surface area contributed by atoms with Crippen molar-refractivity contribution in [1.82, 2.24) is 15.1 Å². The van der Waals surface area contributed by atoms with Crippen molar-refractivity contribution < 1.29 is 27.2 Å². The number of hydrogen-bond donors (Lipinski definition) is 2. The van der Waals surface area contributed by atoms with E-state index in [0.29, 0.717) is 31.9 Å². The SMILES string of the molecule is O=C(CN1CCN(C(=O)NCc2ccco2)CC1)Nc1ccccc1C(F)(F)F. The zero-order valence-electron chi connectivity index (χ0n) is 15.5. The maximum absolute atomic E-state index is 13.0. The third kappa shape index (κ3) is 5.74. The lowest BCUT2D eigenvalue weighted by Crippen LogP contribution is -2.52. The van der Waals surface area contributed by atoms with Crippen LogP contribution in [-0.2, 0) is 17.5 Å². The Balaban J connectivity index is 1.45. The number of furan rings is 1. The average molecular weight is 410 g/mol. The highest BCUT2D eigenvalue weighted by Crippen LogP contribution is 2.34. The Morgan fingerprint density at radius 1 is 1.03 bits per heavy atom. The predicted octanol–water partition coefficient (Wildman–Crippen LogP) is 2.76. The Kier molecular flexibility index (Phi) is 6.42. The predicted molar refractivity (Wildman–Crippen MR) is 99.0 cm³/mol. The molecule has 156 valence electrons. The van der Waals surface area contributed by atoms with Gasteiger partial charge in [0.1, 0.15) is 5.76 Å². The summed E-state index contributed by atoms with van der Waals surface area (Å²) in [6.07, 6.45) is -3.02. The van der Waals surface area contributed by atoms with Crippen molar-refractivity contribution in [2.75, 3.05) is 38.0 Å². The fraction of sp³-hybridized carbons (Fsp3) is 0.368. The zero-order chi connectivity index (χ0) is 20.9. The van der Waals surface area contributed by atoms with Gasteiger partial charge < -0.3 is 20.0 Å². The van der Waals surface area contributed by atoms with Crippen LogP contribution in [0.3, 0.4) is 0 Å². The summed E-state index contributed by atoms with van der Waals surface area (Å²) >= 11 is 0. The number of halogens is 3. The summed E-state index contributed by atoms with van der Waals surface area (Å²) in [5.41, 5.74) is -1.15. The molecule has 0 aliphatic carbocycles. The number of para-hydroxylation sites is 1. The fourth-order valence-electron chi connectivity index (χ4n) is 3.03. The molecule has 2 N–H and O–H groups in total. The molecule has 1 aromatic carbocycles. The number of piperazine rings is 1. The fourth-order valence-corrected chi connectivity index (χ4v) is 3.03. The molecule has 10 heteroatoms. The molecule has 7 nitrogen and oxygen atoms in total. The molecule has 3 rings (SSSR count). The minimum Gasteiger partial charge on any atom is -0.467 e. The summed E-state index contributed by atoms with van der Waals surface area (Å²) in [5, 5.41) is 5.08. The second-order valence-corrected chi connectivity index (χ2v) is 6.59. The van der Waals surface area contributed by atoms with E-state index in [1.54, 1.807) is 21.9 Å². The van der Waals surface area contributed by atoms with Crippen molar-refractivity contribution in [3.05, 3.63) is 54.0 Å². The van der Waals surface area contributed by atoms with Gasteiger partial charge in [-0.05, 0) is 24.3 Å². The summed E-state index contributed by atoms with van der Waals surface area (Å²) < 4.78 is 44.2. The molecule has 1 aromatic heterocycles. The van der Waals surface area contributed by atoms with Gasteiger partial charge in [0.2, 0.25) is 5.91 Å². The van der Waals surface area contributed by atoms with Crippen molar-refractivity contribution in [2.45, 2.75) is 12.7 Å². The van der Waals surface area contributed by atoms with E-state index in [9.17, 15) is 22.8 Å². The molecule has 2 aromatic rings. The van der Waals surface area contributed by atoms with Gasteiger partial charge in [-0.1, -0.05) is 12.1 Å². The number of carbonyl (C=O) groups is 2. The van der Waals surface area contributed by atoms with Gasteiger partial charge in [0.15, 0.2) is 0 Å². The largest absolute Gasteiger partial charge is 0.467 e. The third-order valence-electron chi connectivity index (χ3n) is 4.53. The summed E-state index contributed by atoms with van der Waals surface area (Å²) in [6, 6.07) is 8.12. The number of nitrogens with one attached hydrogen (secondary N) is 2. The molecule has 3 amide bonds. The van der Waals surface area contributed by atoms with E-state index in [-0.39, 0.29) is 24.8 Å². The number of benzene rings is 1. The van der Waals surface area contributed by atoms with Crippen LogP contribution in [0.2, 0.25) is 0 Å². The molecule has 1 aliphatic rings. The van der Waals surface area contributed by atoms with Gasteiger partial charge in [-0.15, -0.1) is 0 Å². The van der Waals surface area contributed by atoms with Crippen LogP contribution in [0.25, 0.3) is 0 Å². The van der Waals surface area contributed by atoms with E-state index in [2.05, 4.69) is 10.6 Å². The molecule has 0 bridgehead atoms. The van der Waals surface area contributed by atoms with E-state index < -0.39 is 17.6 Å². The molecule has 0 unspecified atom stereocenters. The Morgan fingerprint density at radius 3 is 2.41 bits per heavy atom. The van der Waals surface area contributed by atoms with E-state index in [4.69, 9.17) is 4.42 Å². The highest BCUT2D eigenvalue weighted by molar-refractivity contribution is 5.93. The lowest BCUT2D eigenvalue weighted by Gasteiger charge is -2.34. The molecular formula is C19H21F3N4O3. The molecule has 0 radical (unpaired) electrons. The first-order chi connectivity index (χ1) is 13.8. The van der Waals surface area contributed by atoms with Crippen LogP contribution >= 0.6 is 0 Å². The molecule has 0 spiro atoms. The van der Waals surface area contributed by atoms with Gasteiger partial charge in [-0.2, -0.15) is 13.2 Å². The minimum absolute atomic E-state index is 0.0476. The molecule has 0 saturated carbocycles. The molecular weight excluding hydrogens is 389 g/mol. The van der Waals surface area contributed by atoms with Crippen molar-refractivity contribution >= 4 is 17.6 Å². The van der Waals surface area contributed by atoms with E-state index >= 15 is 0 Å². The molecule has 1 saturated heterocycles. The Hall–Kier alpha value is -3.01. The number of rotatable bonds is 5. The summed E-state index contributed by atoms with van der Waals surface area (Å²) in [6.45, 7) is 1.96. The van der Waals surface area contributed by atoms with Crippen LogP contribution in [0.5, 0.6) is 0 Å². The standard InChI is InChI=1S/C19H21F3N4O3/c20-19(21,22)15-5-1-2-6-16(15)24-17(27)13-25-7-9-26(10-8-25)18(28)23-12-14-4-3-11-29-14/h1-6,11H,7-10,12-13H2,(H,23,28)(H,24,27). The zero-order valence-corrected chi connectivity index (χ0v) is 15.5. The van der Waals surface area contributed by atoms with E-state index in [1.165, 1.54) is 24.5 Å². The number of urea groups is 1. The normalized spacial score (nSPS) is 15.2. The Labute approximate surface area is 165 Å². The molecule has 1 fully saturated rings. The number of alkyl halides is 3. The molecule has 0 atom stereocenters. The highest BCUT2D eigenvalue weighted by atomic mass is 19.4. The van der Waals surface area contributed by atoms with Gasteiger partial charge >= 0.3 is 12.2 Å². The molecule has 29 heavy (non-hydrogen) atoms. The first-order valence-electron chi connectivity index (χ1n) is 9.06. The van der Waals surface area contributed by atoms with Crippen LogP contribution in [-0.4, -0.2) is 54.5 Å². The average Bonchev–Trinajstić information content (AvgIpc) is 3.20. The van der Waals surface area contributed by atoms with Crippen LogP contribution < -0.4 is 10.6 Å². The highest BCUT2D eigenvalue weighted by Gasteiger charge is 2.33. The lowest BCUT2D eigenvalue weighted by atomic mass is 10.1. The van der Waals surface area contributed by atoms with Crippen molar-refractivity contribution in [1.29, 1.82) is 0 Å². The second-order valence-electron chi connectivity index (χ2n) is 6.59. The first-order valence-corrected chi connectivity index (χ1v) is 9.06. The third-order valence-corrected chi connectivity index (χ3v) is 4.53. The van der Waals surface area contributed by atoms with Crippen LogP contribution in [0.15, 0.2) is 47.1 Å². The van der Waals surface area contributed by atoms with Crippen LogP contribution in [0.1, 0.15) is 11.3 Å².